The number of likely N-dealkylation sites (tertiary alicyclic amines) is 1. The van der Waals surface area contributed by atoms with Crippen LogP contribution >= 0.6 is 0 Å². The van der Waals surface area contributed by atoms with Gasteiger partial charge in [0.2, 0.25) is 0 Å². The van der Waals surface area contributed by atoms with Crippen molar-refractivity contribution < 1.29 is 0 Å². The Balaban J connectivity index is 2.23. The van der Waals surface area contributed by atoms with Crippen LogP contribution in [0, 0.1) is 0 Å². The quantitative estimate of drug-likeness (QED) is 0.745. The summed E-state index contributed by atoms with van der Waals surface area (Å²) in [5.74, 6) is 0. The van der Waals surface area contributed by atoms with Gasteiger partial charge in [0.1, 0.15) is 0 Å². The van der Waals surface area contributed by atoms with Crippen LogP contribution in [0.5, 0.6) is 0 Å². The summed E-state index contributed by atoms with van der Waals surface area (Å²) in [6.07, 6.45) is 5.65. The van der Waals surface area contributed by atoms with Gasteiger partial charge in [0.15, 0.2) is 0 Å². The first kappa shape index (κ1) is 12.0. The molecular formula is C12H26N2. The molecule has 2 nitrogen and oxygen atoms in total. The van der Waals surface area contributed by atoms with Gasteiger partial charge in [0.05, 0.1) is 0 Å². The third kappa shape index (κ3) is 4.43. The van der Waals surface area contributed by atoms with E-state index < -0.39 is 0 Å². The van der Waals surface area contributed by atoms with Gasteiger partial charge in [0.25, 0.3) is 0 Å². The van der Waals surface area contributed by atoms with Crippen molar-refractivity contribution in [3.8, 4) is 0 Å². The average molecular weight is 198 g/mol. The largest absolute Gasteiger partial charge is 0.313 e. The van der Waals surface area contributed by atoms with Gasteiger partial charge < -0.3 is 5.32 Å². The Morgan fingerprint density at radius 3 is 2.07 bits per heavy atom. The maximum atomic E-state index is 3.52. The van der Waals surface area contributed by atoms with E-state index in [9.17, 15) is 0 Å². The summed E-state index contributed by atoms with van der Waals surface area (Å²) < 4.78 is 0. The van der Waals surface area contributed by atoms with E-state index in [0.717, 1.165) is 6.54 Å². The van der Waals surface area contributed by atoms with E-state index in [1.54, 1.807) is 0 Å². The molecule has 0 spiro atoms. The Morgan fingerprint density at radius 2 is 1.57 bits per heavy atom. The zero-order chi connectivity index (χ0) is 10.4. The lowest BCUT2D eigenvalue weighted by Crippen LogP contribution is -2.42. The van der Waals surface area contributed by atoms with Gasteiger partial charge >= 0.3 is 0 Å². The molecule has 1 aliphatic heterocycles. The zero-order valence-electron chi connectivity index (χ0n) is 10.1. The molecule has 0 aromatic heterocycles. The molecular weight excluding hydrogens is 172 g/mol. The summed E-state index contributed by atoms with van der Waals surface area (Å²) in [5.41, 5.74) is 0. The minimum atomic E-state index is 0.615. The second-order valence-electron chi connectivity index (χ2n) is 4.86. The number of hydrogen-bond donors (Lipinski definition) is 1. The van der Waals surface area contributed by atoms with Crippen molar-refractivity contribution in [1.29, 1.82) is 0 Å². The molecule has 0 bridgehead atoms. The summed E-state index contributed by atoms with van der Waals surface area (Å²) in [4.78, 5) is 2.64. The van der Waals surface area contributed by atoms with Crippen LogP contribution in [0.3, 0.4) is 0 Å². The summed E-state index contributed by atoms with van der Waals surface area (Å²) >= 11 is 0. The van der Waals surface area contributed by atoms with Crippen LogP contribution in [0.4, 0.5) is 0 Å². The van der Waals surface area contributed by atoms with Gasteiger partial charge in [-0.25, -0.2) is 0 Å². The van der Waals surface area contributed by atoms with Gasteiger partial charge in [-0.3, -0.25) is 4.90 Å². The van der Waals surface area contributed by atoms with Crippen LogP contribution in [-0.4, -0.2) is 36.6 Å². The van der Waals surface area contributed by atoms with Crippen LogP contribution in [0.1, 0.15) is 46.5 Å². The third-order valence-electron chi connectivity index (χ3n) is 3.09. The normalized spacial score (nSPS) is 22.3. The minimum absolute atomic E-state index is 0.615. The molecule has 1 saturated heterocycles. The smallest absolute Gasteiger partial charge is 0.0192 e. The van der Waals surface area contributed by atoms with Gasteiger partial charge in [-0.1, -0.05) is 26.7 Å². The van der Waals surface area contributed by atoms with Gasteiger partial charge in [-0.15, -0.1) is 0 Å². The third-order valence-corrected chi connectivity index (χ3v) is 3.09. The predicted molar refractivity (Wildman–Crippen MR) is 62.6 cm³/mol. The van der Waals surface area contributed by atoms with Crippen molar-refractivity contribution in [2.75, 3.05) is 19.6 Å². The standard InChI is InChI=1S/C12H26N2/c1-11(2)13-10-12(3)14-8-6-4-5-7-9-14/h11-13H,4-10H2,1-3H3. The second kappa shape index (κ2) is 6.41. The highest BCUT2D eigenvalue weighted by molar-refractivity contribution is 4.72. The van der Waals surface area contributed by atoms with Crippen LogP contribution < -0.4 is 5.32 Å². The molecule has 1 atom stereocenters. The van der Waals surface area contributed by atoms with Gasteiger partial charge in [-0.2, -0.15) is 0 Å². The van der Waals surface area contributed by atoms with Crippen molar-refractivity contribution in [3.05, 3.63) is 0 Å². The zero-order valence-corrected chi connectivity index (χ0v) is 10.1. The van der Waals surface area contributed by atoms with Gasteiger partial charge in [-0.05, 0) is 32.9 Å². The molecule has 1 aliphatic rings. The van der Waals surface area contributed by atoms with Crippen LogP contribution in [0.2, 0.25) is 0 Å². The summed E-state index contributed by atoms with van der Waals surface area (Å²) in [7, 11) is 0. The molecule has 1 N–H and O–H groups in total. The van der Waals surface area contributed by atoms with Crippen LogP contribution in [0.15, 0.2) is 0 Å². The SMILES string of the molecule is CC(C)NCC(C)N1CCCCCC1. The summed E-state index contributed by atoms with van der Waals surface area (Å²) in [6.45, 7) is 10.5. The van der Waals surface area contributed by atoms with E-state index in [2.05, 4.69) is 31.0 Å². The Bertz CT molecular complexity index is 137. The molecule has 0 amide bonds. The number of nitrogens with one attached hydrogen (secondary N) is 1. The molecule has 0 aromatic carbocycles. The summed E-state index contributed by atoms with van der Waals surface area (Å²) in [5, 5.41) is 3.52. The van der Waals surface area contributed by atoms with E-state index in [4.69, 9.17) is 0 Å². The lowest BCUT2D eigenvalue weighted by atomic mass is 10.2. The first-order valence-electron chi connectivity index (χ1n) is 6.17. The molecule has 14 heavy (non-hydrogen) atoms. The van der Waals surface area contributed by atoms with Crippen molar-refractivity contribution in [2.45, 2.75) is 58.5 Å². The molecule has 0 radical (unpaired) electrons. The lowest BCUT2D eigenvalue weighted by Gasteiger charge is -2.28. The van der Waals surface area contributed by atoms with E-state index in [-0.39, 0.29) is 0 Å². The monoisotopic (exact) mass is 198 g/mol. The van der Waals surface area contributed by atoms with Crippen LogP contribution in [-0.2, 0) is 0 Å². The molecule has 1 heterocycles. The van der Waals surface area contributed by atoms with E-state index in [1.165, 1.54) is 38.8 Å². The van der Waals surface area contributed by atoms with E-state index in [0.29, 0.717) is 12.1 Å². The lowest BCUT2D eigenvalue weighted by molar-refractivity contribution is 0.209. The van der Waals surface area contributed by atoms with E-state index in [1.807, 2.05) is 0 Å². The van der Waals surface area contributed by atoms with Crippen molar-refractivity contribution in [1.82, 2.24) is 10.2 Å². The molecule has 1 unspecified atom stereocenters. The molecule has 2 heteroatoms. The van der Waals surface area contributed by atoms with Gasteiger partial charge in [0, 0.05) is 18.6 Å². The summed E-state index contributed by atoms with van der Waals surface area (Å²) in [6, 6.07) is 1.32. The number of nitrogens with zero attached hydrogens (tertiary/aromatic N) is 1. The fourth-order valence-electron chi connectivity index (χ4n) is 2.07. The fourth-order valence-corrected chi connectivity index (χ4v) is 2.07. The fraction of sp³-hybridized carbons (Fsp3) is 1.00. The highest BCUT2D eigenvalue weighted by Gasteiger charge is 2.15. The maximum Gasteiger partial charge on any atom is 0.0192 e. The average Bonchev–Trinajstić information content (AvgIpc) is 2.42. The van der Waals surface area contributed by atoms with Crippen molar-refractivity contribution in [3.63, 3.8) is 0 Å². The minimum Gasteiger partial charge on any atom is -0.313 e. The van der Waals surface area contributed by atoms with Crippen molar-refractivity contribution in [2.24, 2.45) is 0 Å². The molecule has 0 saturated carbocycles. The first-order chi connectivity index (χ1) is 6.70. The number of hydrogen-bond acceptors (Lipinski definition) is 2. The Labute approximate surface area is 89.1 Å². The highest BCUT2D eigenvalue weighted by atomic mass is 15.2. The molecule has 0 aromatic rings. The number of rotatable bonds is 4. The molecule has 84 valence electrons. The highest BCUT2D eigenvalue weighted by Crippen LogP contribution is 2.11. The van der Waals surface area contributed by atoms with Crippen molar-refractivity contribution >= 4 is 0 Å². The maximum absolute atomic E-state index is 3.52. The molecule has 1 rings (SSSR count). The topological polar surface area (TPSA) is 15.3 Å². The molecule has 0 aliphatic carbocycles. The predicted octanol–water partition coefficient (Wildman–Crippen LogP) is 2.25. The second-order valence-corrected chi connectivity index (χ2v) is 4.86. The first-order valence-corrected chi connectivity index (χ1v) is 6.17. The Kier molecular flexibility index (Phi) is 5.49. The van der Waals surface area contributed by atoms with Crippen LogP contribution in [0.25, 0.3) is 0 Å². The Hall–Kier alpha value is -0.0800. The van der Waals surface area contributed by atoms with E-state index >= 15 is 0 Å². The Morgan fingerprint density at radius 1 is 1.00 bits per heavy atom. The molecule has 1 fully saturated rings.